The van der Waals surface area contributed by atoms with Crippen molar-refractivity contribution in [2.24, 2.45) is 0 Å². The first-order valence-electron chi connectivity index (χ1n) is 16.4. The van der Waals surface area contributed by atoms with E-state index in [1.807, 2.05) is 60.7 Å². The molecule has 0 bridgehead atoms. The number of fused-ring (bicyclic) bond motifs is 4. The van der Waals surface area contributed by atoms with Gasteiger partial charge in [0.2, 0.25) is 0 Å². The third kappa shape index (κ3) is 4.59. The number of benzene rings is 9. The highest BCUT2D eigenvalue weighted by Crippen LogP contribution is 2.46. The molecule has 0 aliphatic carbocycles. The molecule has 0 saturated carbocycles. The Balaban J connectivity index is 1.24. The van der Waals surface area contributed by atoms with Crippen molar-refractivity contribution >= 4 is 66.1 Å². The predicted molar refractivity (Wildman–Crippen MR) is 207 cm³/mol. The molecule has 48 heavy (non-hydrogen) atoms. The minimum absolute atomic E-state index is 0.843. The highest BCUT2D eigenvalue weighted by atomic mass is 31.2. The van der Waals surface area contributed by atoms with Gasteiger partial charge in [-0.2, -0.15) is 0 Å². The normalized spacial score (nSPS) is 11.8. The summed E-state index contributed by atoms with van der Waals surface area (Å²) in [7, 11) is -3.07. The average molecular weight is 631 g/mol. The van der Waals surface area contributed by atoms with Gasteiger partial charge in [-0.15, -0.1) is 0 Å². The second-order valence-corrected chi connectivity index (χ2v) is 15.2. The van der Waals surface area contributed by atoms with Gasteiger partial charge in [-0.1, -0.05) is 170 Å². The summed E-state index contributed by atoms with van der Waals surface area (Å²) in [5, 5.41) is 12.2. The molecule has 0 fully saturated rings. The van der Waals surface area contributed by atoms with E-state index in [0.29, 0.717) is 0 Å². The number of rotatable bonds is 5. The topological polar surface area (TPSA) is 17.1 Å². The zero-order chi connectivity index (χ0) is 32.1. The van der Waals surface area contributed by atoms with Crippen molar-refractivity contribution in [1.82, 2.24) is 0 Å². The molecule has 0 aliphatic rings. The van der Waals surface area contributed by atoms with Crippen LogP contribution in [0.2, 0.25) is 0 Å². The summed E-state index contributed by atoms with van der Waals surface area (Å²) >= 11 is 0. The molecular formula is C46H31OP. The van der Waals surface area contributed by atoms with Crippen LogP contribution in [-0.4, -0.2) is 0 Å². The van der Waals surface area contributed by atoms with Gasteiger partial charge in [0.1, 0.15) is 0 Å². The van der Waals surface area contributed by atoms with Crippen LogP contribution in [0.4, 0.5) is 0 Å². The molecule has 0 aliphatic heterocycles. The molecule has 2 heteroatoms. The van der Waals surface area contributed by atoms with Crippen molar-refractivity contribution in [2.45, 2.75) is 0 Å². The van der Waals surface area contributed by atoms with Crippen molar-refractivity contribution in [3.63, 3.8) is 0 Å². The minimum atomic E-state index is -3.07. The number of hydrogen-bond donors (Lipinski definition) is 0. The molecule has 0 aromatic heterocycles. The molecule has 0 spiro atoms. The largest absolute Gasteiger partial charge is 0.309 e. The first-order valence-corrected chi connectivity index (χ1v) is 18.1. The fourth-order valence-corrected chi connectivity index (χ4v) is 10.1. The Morgan fingerprint density at radius 3 is 1.19 bits per heavy atom. The van der Waals surface area contributed by atoms with Crippen LogP contribution in [0.1, 0.15) is 0 Å². The third-order valence-electron chi connectivity index (χ3n) is 9.69. The Bertz CT molecular complexity index is 2590. The molecule has 0 heterocycles. The van der Waals surface area contributed by atoms with Gasteiger partial charge >= 0.3 is 0 Å². The SMILES string of the molecule is O=P(c1ccccc1)(c1ccccc1)c1ccc2cc(-c3c4ccccc4c(-c4ccc5ccccc5c4)c4ccccc34)ccc2c1. The maximum atomic E-state index is 15.1. The van der Waals surface area contributed by atoms with Crippen LogP contribution < -0.4 is 15.9 Å². The molecule has 0 radical (unpaired) electrons. The fraction of sp³-hybridized carbons (Fsp3) is 0. The lowest BCUT2D eigenvalue weighted by atomic mass is 9.85. The summed E-state index contributed by atoms with van der Waals surface area (Å²) in [5.41, 5.74) is 4.89. The van der Waals surface area contributed by atoms with E-state index in [0.717, 1.165) is 26.7 Å². The van der Waals surface area contributed by atoms with Crippen LogP contribution in [0.15, 0.2) is 188 Å². The van der Waals surface area contributed by atoms with Crippen LogP contribution in [-0.2, 0) is 4.57 Å². The zero-order valence-corrected chi connectivity index (χ0v) is 27.1. The molecular weight excluding hydrogens is 599 g/mol. The van der Waals surface area contributed by atoms with Crippen molar-refractivity contribution < 1.29 is 4.57 Å². The smallest absolute Gasteiger partial charge is 0.171 e. The maximum absolute atomic E-state index is 15.1. The summed E-state index contributed by atoms with van der Waals surface area (Å²) in [6.07, 6.45) is 0. The molecule has 0 amide bonds. The third-order valence-corrected chi connectivity index (χ3v) is 12.7. The summed E-state index contributed by atoms with van der Waals surface area (Å²) in [6.45, 7) is 0. The Hall–Kier alpha value is -5.75. The monoisotopic (exact) mass is 630 g/mol. The molecule has 0 N–H and O–H groups in total. The van der Waals surface area contributed by atoms with E-state index in [9.17, 15) is 0 Å². The lowest BCUT2D eigenvalue weighted by molar-refractivity contribution is 0.592. The van der Waals surface area contributed by atoms with Gasteiger partial charge in [0, 0.05) is 15.9 Å². The van der Waals surface area contributed by atoms with Gasteiger partial charge in [-0.25, -0.2) is 0 Å². The molecule has 1 nitrogen and oxygen atoms in total. The van der Waals surface area contributed by atoms with E-state index >= 15 is 4.57 Å². The van der Waals surface area contributed by atoms with E-state index in [2.05, 4.69) is 127 Å². The van der Waals surface area contributed by atoms with Crippen LogP contribution in [0.5, 0.6) is 0 Å². The van der Waals surface area contributed by atoms with Gasteiger partial charge in [-0.3, -0.25) is 0 Å². The molecule has 226 valence electrons. The van der Waals surface area contributed by atoms with E-state index in [1.165, 1.54) is 54.6 Å². The van der Waals surface area contributed by atoms with Gasteiger partial charge in [0.05, 0.1) is 0 Å². The second kappa shape index (κ2) is 11.5. The highest BCUT2D eigenvalue weighted by molar-refractivity contribution is 7.85. The molecule has 9 aromatic carbocycles. The van der Waals surface area contributed by atoms with Crippen LogP contribution in [0.25, 0.3) is 65.3 Å². The summed E-state index contributed by atoms with van der Waals surface area (Å²) in [6, 6.07) is 65.8. The predicted octanol–water partition coefficient (Wildman–Crippen LogP) is 11.3. The van der Waals surface area contributed by atoms with Crippen molar-refractivity contribution in [1.29, 1.82) is 0 Å². The Morgan fingerprint density at radius 1 is 0.292 bits per heavy atom. The quantitative estimate of drug-likeness (QED) is 0.137. The van der Waals surface area contributed by atoms with Gasteiger partial charge < -0.3 is 4.57 Å². The summed E-state index contributed by atoms with van der Waals surface area (Å²) in [4.78, 5) is 0. The standard InChI is InChI=1S/C46H31OP/c47-48(38-15-3-1-4-16-38,39-17-5-2-6-18-39)40-28-27-34-30-37(26-24-35(34)31-40)46-43-21-11-9-19-41(43)45(42-20-10-12-22-44(42)46)36-25-23-32-13-7-8-14-33(32)29-36/h1-31H. The average Bonchev–Trinajstić information content (AvgIpc) is 3.16. The molecule has 0 atom stereocenters. The second-order valence-electron chi connectivity index (χ2n) is 12.4. The van der Waals surface area contributed by atoms with E-state index in [4.69, 9.17) is 0 Å². The summed E-state index contributed by atoms with van der Waals surface area (Å²) in [5.74, 6) is 0. The maximum Gasteiger partial charge on any atom is 0.171 e. The Morgan fingerprint density at radius 2 is 0.667 bits per heavy atom. The first kappa shape index (κ1) is 28.5. The lowest BCUT2D eigenvalue weighted by Gasteiger charge is -2.21. The van der Waals surface area contributed by atoms with Crippen molar-refractivity contribution in [2.75, 3.05) is 0 Å². The molecule has 0 unspecified atom stereocenters. The van der Waals surface area contributed by atoms with Gasteiger partial charge in [0.15, 0.2) is 7.14 Å². The van der Waals surface area contributed by atoms with E-state index < -0.39 is 7.14 Å². The van der Waals surface area contributed by atoms with Gasteiger partial charge in [0.25, 0.3) is 0 Å². The minimum Gasteiger partial charge on any atom is -0.309 e. The molecule has 9 aromatic rings. The Labute approximate surface area is 280 Å². The fourth-order valence-electron chi connectivity index (χ4n) is 7.40. The van der Waals surface area contributed by atoms with Crippen LogP contribution in [0, 0.1) is 0 Å². The molecule has 9 rings (SSSR count). The summed E-state index contributed by atoms with van der Waals surface area (Å²) < 4.78 is 15.1. The highest BCUT2D eigenvalue weighted by Gasteiger charge is 2.29. The van der Waals surface area contributed by atoms with Crippen molar-refractivity contribution in [3.05, 3.63) is 188 Å². The number of hydrogen-bond acceptors (Lipinski definition) is 1. The zero-order valence-electron chi connectivity index (χ0n) is 26.3. The van der Waals surface area contributed by atoms with E-state index in [-0.39, 0.29) is 0 Å². The Kier molecular flexibility index (Phi) is 6.82. The van der Waals surface area contributed by atoms with Gasteiger partial charge in [-0.05, 0) is 83.5 Å². The first-order chi connectivity index (χ1) is 23.7. The van der Waals surface area contributed by atoms with Crippen LogP contribution >= 0.6 is 7.14 Å². The molecule has 0 saturated heterocycles. The van der Waals surface area contributed by atoms with Crippen LogP contribution in [0.3, 0.4) is 0 Å². The van der Waals surface area contributed by atoms with E-state index in [1.54, 1.807) is 0 Å². The van der Waals surface area contributed by atoms with Crippen molar-refractivity contribution in [3.8, 4) is 22.3 Å². The lowest BCUT2D eigenvalue weighted by Crippen LogP contribution is -2.24.